The van der Waals surface area contributed by atoms with Crippen molar-refractivity contribution >= 4 is 5.84 Å². The summed E-state index contributed by atoms with van der Waals surface area (Å²) in [6.07, 6.45) is 4.83. The van der Waals surface area contributed by atoms with Gasteiger partial charge in [0.2, 0.25) is 0 Å². The largest absolute Gasteiger partial charge is 0.378 e. The molecule has 0 aliphatic carbocycles. The average molecular weight is 262 g/mol. The van der Waals surface area contributed by atoms with Crippen LogP contribution in [0.3, 0.4) is 0 Å². The van der Waals surface area contributed by atoms with E-state index in [-0.39, 0.29) is 5.82 Å². The molecule has 3 nitrogen and oxygen atoms in total. The van der Waals surface area contributed by atoms with E-state index in [0.717, 1.165) is 43.7 Å². The van der Waals surface area contributed by atoms with Gasteiger partial charge in [0, 0.05) is 25.3 Å². The lowest BCUT2D eigenvalue weighted by atomic mass is 10.1. The predicted octanol–water partition coefficient (Wildman–Crippen LogP) is 2.93. The third-order valence-electron chi connectivity index (χ3n) is 4.00. The molecule has 0 saturated carbocycles. The van der Waals surface area contributed by atoms with E-state index in [1.165, 1.54) is 25.0 Å². The molecule has 2 heterocycles. The molecule has 1 aromatic carbocycles. The summed E-state index contributed by atoms with van der Waals surface area (Å²) in [4.78, 5) is 2.02. The van der Waals surface area contributed by atoms with Crippen LogP contribution in [0.2, 0.25) is 0 Å². The number of hydrogen-bond acceptors (Lipinski definition) is 2. The summed E-state index contributed by atoms with van der Waals surface area (Å²) in [5.41, 5.74) is 1.79. The normalized spacial score (nSPS) is 22.7. The number of nitrogens with zero attached hydrogens (tertiary/aromatic N) is 1. The minimum atomic E-state index is -0.263. The van der Waals surface area contributed by atoms with Gasteiger partial charge in [-0.25, -0.2) is 4.39 Å². The predicted molar refractivity (Wildman–Crippen MR) is 71.8 cm³/mol. The Morgan fingerprint density at radius 1 is 1.37 bits per heavy atom. The summed E-state index contributed by atoms with van der Waals surface area (Å²) < 4.78 is 18.9. The number of halogens is 1. The standard InChI is InChI=1S/C15H19FN2O/c16-12-5-4-11-10-18(15(17)14(11)9-12)7-6-13-3-1-2-8-19-13/h4-5,9,13,17H,1-3,6-8,10H2. The molecule has 1 saturated heterocycles. The fourth-order valence-electron chi connectivity index (χ4n) is 2.89. The van der Waals surface area contributed by atoms with Crippen LogP contribution in [0.1, 0.15) is 36.8 Å². The van der Waals surface area contributed by atoms with Crippen LogP contribution >= 0.6 is 0 Å². The molecule has 3 rings (SSSR count). The van der Waals surface area contributed by atoms with E-state index < -0.39 is 0 Å². The lowest BCUT2D eigenvalue weighted by Gasteiger charge is -2.25. The topological polar surface area (TPSA) is 36.3 Å². The van der Waals surface area contributed by atoms with Crippen molar-refractivity contribution in [2.45, 2.75) is 38.3 Å². The summed E-state index contributed by atoms with van der Waals surface area (Å²) in [5.74, 6) is 0.186. The molecule has 0 bridgehead atoms. The highest BCUT2D eigenvalue weighted by Crippen LogP contribution is 2.24. The van der Waals surface area contributed by atoms with Gasteiger partial charge in [0.25, 0.3) is 0 Å². The van der Waals surface area contributed by atoms with Gasteiger partial charge in [0.15, 0.2) is 0 Å². The smallest absolute Gasteiger partial charge is 0.128 e. The summed E-state index contributed by atoms with van der Waals surface area (Å²) in [6.45, 7) is 2.41. The van der Waals surface area contributed by atoms with Gasteiger partial charge in [0.1, 0.15) is 11.7 Å². The van der Waals surface area contributed by atoms with Crippen molar-refractivity contribution in [2.75, 3.05) is 13.2 Å². The Labute approximate surface area is 112 Å². The average Bonchev–Trinajstić information content (AvgIpc) is 2.74. The highest BCUT2D eigenvalue weighted by atomic mass is 19.1. The van der Waals surface area contributed by atoms with Gasteiger partial charge in [-0.05, 0) is 43.4 Å². The van der Waals surface area contributed by atoms with Gasteiger partial charge < -0.3 is 9.64 Å². The lowest BCUT2D eigenvalue weighted by molar-refractivity contribution is 0.00835. The van der Waals surface area contributed by atoms with Crippen LogP contribution in [0, 0.1) is 11.2 Å². The maximum Gasteiger partial charge on any atom is 0.128 e. The molecule has 2 aliphatic heterocycles. The van der Waals surface area contributed by atoms with E-state index in [2.05, 4.69) is 0 Å². The van der Waals surface area contributed by atoms with Crippen LogP contribution in [0.15, 0.2) is 18.2 Å². The number of nitrogens with one attached hydrogen (secondary N) is 1. The molecule has 0 amide bonds. The Kier molecular flexibility index (Phi) is 3.51. The third-order valence-corrected chi connectivity index (χ3v) is 4.00. The number of amidine groups is 1. The van der Waals surface area contributed by atoms with E-state index in [1.807, 2.05) is 4.90 Å². The highest BCUT2D eigenvalue weighted by Gasteiger charge is 2.25. The number of rotatable bonds is 3. The van der Waals surface area contributed by atoms with Crippen molar-refractivity contribution in [1.82, 2.24) is 4.90 Å². The van der Waals surface area contributed by atoms with Crippen LogP contribution in [0.5, 0.6) is 0 Å². The molecule has 1 fully saturated rings. The fourth-order valence-corrected chi connectivity index (χ4v) is 2.89. The Morgan fingerprint density at radius 2 is 2.26 bits per heavy atom. The Hall–Kier alpha value is -1.42. The Balaban J connectivity index is 1.60. The molecule has 19 heavy (non-hydrogen) atoms. The first-order valence-electron chi connectivity index (χ1n) is 6.98. The van der Waals surface area contributed by atoms with Crippen molar-refractivity contribution in [1.29, 1.82) is 5.41 Å². The molecule has 0 spiro atoms. The van der Waals surface area contributed by atoms with Gasteiger partial charge in [-0.3, -0.25) is 5.41 Å². The zero-order valence-corrected chi connectivity index (χ0v) is 11.0. The second-order valence-corrected chi connectivity index (χ2v) is 5.35. The van der Waals surface area contributed by atoms with Gasteiger partial charge in [-0.1, -0.05) is 6.07 Å². The molecule has 2 aliphatic rings. The first-order chi connectivity index (χ1) is 9.24. The van der Waals surface area contributed by atoms with Crippen molar-refractivity contribution < 1.29 is 9.13 Å². The van der Waals surface area contributed by atoms with Crippen LogP contribution in [-0.2, 0) is 11.3 Å². The van der Waals surface area contributed by atoms with Gasteiger partial charge in [-0.15, -0.1) is 0 Å². The minimum absolute atomic E-state index is 0.263. The quantitative estimate of drug-likeness (QED) is 0.909. The number of benzene rings is 1. The van der Waals surface area contributed by atoms with Crippen molar-refractivity contribution in [3.8, 4) is 0 Å². The molecule has 4 heteroatoms. The van der Waals surface area contributed by atoms with Crippen LogP contribution < -0.4 is 0 Å². The molecule has 1 atom stereocenters. The SMILES string of the molecule is N=C1c2cc(F)ccc2CN1CCC1CCCCO1. The molecule has 0 radical (unpaired) electrons. The van der Waals surface area contributed by atoms with Crippen molar-refractivity contribution in [3.05, 3.63) is 35.1 Å². The van der Waals surface area contributed by atoms with Crippen molar-refractivity contribution in [3.63, 3.8) is 0 Å². The first kappa shape index (κ1) is 12.6. The van der Waals surface area contributed by atoms with E-state index in [0.29, 0.717) is 11.9 Å². The van der Waals surface area contributed by atoms with Gasteiger partial charge in [0.05, 0.1) is 6.10 Å². The van der Waals surface area contributed by atoms with Crippen LogP contribution in [0.25, 0.3) is 0 Å². The zero-order chi connectivity index (χ0) is 13.2. The first-order valence-corrected chi connectivity index (χ1v) is 6.98. The number of hydrogen-bond donors (Lipinski definition) is 1. The van der Waals surface area contributed by atoms with Crippen molar-refractivity contribution in [2.24, 2.45) is 0 Å². The van der Waals surface area contributed by atoms with Gasteiger partial charge >= 0.3 is 0 Å². The fraction of sp³-hybridized carbons (Fsp3) is 0.533. The van der Waals surface area contributed by atoms with Crippen LogP contribution in [0.4, 0.5) is 4.39 Å². The second-order valence-electron chi connectivity index (χ2n) is 5.35. The number of fused-ring (bicyclic) bond motifs is 1. The molecule has 0 aromatic heterocycles. The van der Waals surface area contributed by atoms with E-state index in [4.69, 9.17) is 10.1 Å². The monoisotopic (exact) mass is 262 g/mol. The zero-order valence-electron chi connectivity index (χ0n) is 11.0. The maximum atomic E-state index is 13.2. The summed E-state index contributed by atoms with van der Waals surface area (Å²) in [7, 11) is 0. The molecule has 1 aromatic rings. The minimum Gasteiger partial charge on any atom is -0.378 e. The lowest BCUT2D eigenvalue weighted by Crippen LogP contribution is -2.30. The van der Waals surface area contributed by atoms with E-state index in [1.54, 1.807) is 6.07 Å². The second kappa shape index (κ2) is 5.29. The molecule has 102 valence electrons. The molecule has 1 N–H and O–H groups in total. The van der Waals surface area contributed by atoms with Gasteiger partial charge in [-0.2, -0.15) is 0 Å². The van der Waals surface area contributed by atoms with Crippen LogP contribution in [-0.4, -0.2) is 30.0 Å². The Morgan fingerprint density at radius 3 is 3.05 bits per heavy atom. The van der Waals surface area contributed by atoms with E-state index in [9.17, 15) is 4.39 Å². The Bertz CT molecular complexity index is 483. The maximum absolute atomic E-state index is 13.2. The number of ether oxygens (including phenoxy) is 1. The summed E-state index contributed by atoms with van der Waals surface area (Å²) in [6, 6.07) is 4.73. The van der Waals surface area contributed by atoms with E-state index >= 15 is 0 Å². The summed E-state index contributed by atoms with van der Waals surface area (Å²) in [5, 5.41) is 8.12. The third kappa shape index (κ3) is 2.63. The molecule has 1 unspecified atom stereocenters. The molecular formula is C15H19FN2O. The molecular weight excluding hydrogens is 243 g/mol. The highest BCUT2D eigenvalue weighted by molar-refractivity contribution is 6.00. The summed E-state index contributed by atoms with van der Waals surface area (Å²) >= 11 is 0.